The minimum Gasteiger partial charge on any atom is -0.462 e. The van der Waals surface area contributed by atoms with E-state index in [1.165, 1.54) is 19.3 Å². The van der Waals surface area contributed by atoms with Gasteiger partial charge >= 0.3 is 17.9 Å². The summed E-state index contributed by atoms with van der Waals surface area (Å²) >= 11 is 0. The van der Waals surface area contributed by atoms with Gasteiger partial charge in [-0.15, -0.1) is 0 Å². The Balaban J connectivity index is 4.65. The number of esters is 3. The zero-order chi connectivity index (χ0) is 49.3. The highest BCUT2D eigenvalue weighted by molar-refractivity contribution is 5.71. The van der Waals surface area contributed by atoms with Crippen molar-refractivity contribution < 1.29 is 28.6 Å². The van der Waals surface area contributed by atoms with Gasteiger partial charge in [0.1, 0.15) is 13.2 Å². The van der Waals surface area contributed by atoms with Gasteiger partial charge in [0.05, 0.1) is 0 Å². The average molecular weight is 931 g/mol. The van der Waals surface area contributed by atoms with Crippen molar-refractivity contribution in [2.45, 2.75) is 175 Å². The second-order valence-corrected chi connectivity index (χ2v) is 16.3. The molecule has 0 aromatic rings. The van der Waals surface area contributed by atoms with Gasteiger partial charge in [-0.05, 0) is 83.5 Å². The fourth-order valence-electron chi connectivity index (χ4n) is 6.15. The van der Waals surface area contributed by atoms with Crippen molar-refractivity contribution in [1.29, 1.82) is 0 Å². The third-order valence-electron chi connectivity index (χ3n) is 10.0. The second kappa shape index (κ2) is 54.1. The molecule has 1 unspecified atom stereocenters. The van der Waals surface area contributed by atoms with Crippen molar-refractivity contribution >= 4 is 17.9 Å². The van der Waals surface area contributed by atoms with Crippen LogP contribution in [0.4, 0.5) is 0 Å². The van der Waals surface area contributed by atoms with Gasteiger partial charge in [0, 0.05) is 19.3 Å². The summed E-state index contributed by atoms with van der Waals surface area (Å²) < 4.78 is 16.7. The molecule has 0 aliphatic carbocycles. The van der Waals surface area contributed by atoms with E-state index in [1.807, 2.05) is 109 Å². The van der Waals surface area contributed by atoms with E-state index in [-0.39, 0.29) is 50.4 Å². The highest BCUT2D eigenvalue weighted by atomic mass is 16.6. The van der Waals surface area contributed by atoms with Crippen molar-refractivity contribution in [1.82, 2.24) is 0 Å². The van der Waals surface area contributed by atoms with Crippen LogP contribution in [0.3, 0.4) is 0 Å². The smallest absolute Gasteiger partial charge is 0.306 e. The van der Waals surface area contributed by atoms with Crippen molar-refractivity contribution in [3.8, 4) is 0 Å². The molecule has 1 atom stereocenters. The Kier molecular flexibility index (Phi) is 49.7. The first-order chi connectivity index (χ1) is 33.5. The molecule has 0 amide bonds. The monoisotopic (exact) mass is 931 g/mol. The topological polar surface area (TPSA) is 78.9 Å². The molecular formula is C62H90O6. The third-order valence-corrected chi connectivity index (χ3v) is 10.0. The molecule has 0 bridgehead atoms. The van der Waals surface area contributed by atoms with Gasteiger partial charge in [0.15, 0.2) is 6.10 Å². The van der Waals surface area contributed by atoms with E-state index in [4.69, 9.17) is 14.2 Å². The standard InChI is InChI=1S/C62H90O6/c1-4-7-10-13-16-19-22-25-27-29-31-33-34-37-40-43-46-49-52-55-61(64)67-58-59(57-66-60(63)54-51-48-45-42-39-36-24-21-18-15-12-9-6-3)68-62(65)56-53-50-47-44-41-38-35-32-30-28-26-23-20-17-14-11-8-5-2/h7,9-10,12-13,15-37,39-40,59H,4-6,8,11,14,38,41-58H2,1-3H3/b10-7+,12-9+,16-13+,18-15+,20-17+,22-19+,24-21+,26-23+,27-25+,30-28+,31-29+,34-33+,35-32+,39-36+,40-37+. The third kappa shape index (κ3) is 51.5. The second-order valence-electron chi connectivity index (χ2n) is 16.3. The Morgan fingerprint density at radius 3 is 0.912 bits per heavy atom. The van der Waals surface area contributed by atoms with Crippen LogP contribution in [0.2, 0.25) is 0 Å². The maximum Gasteiger partial charge on any atom is 0.306 e. The molecule has 0 aromatic heterocycles. The SMILES string of the molecule is CC/C=C/C=C/C=C/C=C/C=C/C=C/C=C/CCCCCC(=O)OCC(COC(=O)CCCCC/C=C/C=C/C=C/C=C/CC)OC(=O)CCCCCCC/C=C/C=C/C=C/C=C/CCCCC. The molecule has 0 N–H and O–H groups in total. The van der Waals surface area contributed by atoms with Gasteiger partial charge in [0.2, 0.25) is 0 Å². The normalized spacial score (nSPS) is 13.6. The molecule has 0 aromatic carbocycles. The number of unbranched alkanes of at least 4 members (excludes halogenated alkanes) is 14. The number of carbonyl (C=O) groups excluding carboxylic acids is 3. The van der Waals surface area contributed by atoms with Crippen molar-refractivity contribution in [3.05, 3.63) is 182 Å². The van der Waals surface area contributed by atoms with Crippen LogP contribution in [0.1, 0.15) is 168 Å². The molecule has 0 saturated carbocycles. The van der Waals surface area contributed by atoms with E-state index < -0.39 is 6.10 Å². The Labute approximate surface area is 414 Å². The van der Waals surface area contributed by atoms with Crippen LogP contribution in [0, 0.1) is 0 Å². The van der Waals surface area contributed by atoms with E-state index in [0.29, 0.717) is 12.8 Å². The Bertz CT molecular complexity index is 1680. The quantitative estimate of drug-likeness (QED) is 0.0262. The zero-order valence-corrected chi connectivity index (χ0v) is 42.5. The van der Waals surface area contributed by atoms with E-state index >= 15 is 0 Å². The van der Waals surface area contributed by atoms with Gasteiger partial charge in [0.25, 0.3) is 0 Å². The molecule has 0 fully saturated rings. The molecule has 0 rings (SSSR count). The van der Waals surface area contributed by atoms with Crippen LogP contribution in [0.15, 0.2) is 182 Å². The van der Waals surface area contributed by atoms with Gasteiger partial charge < -0.3 is 14.2 Å². The molecule has 68 heavy (non-hydrogen) atoms. The lowest BCUT2D eigenvalue weighted by Crippen LogP contribution is -2.30. The maximum absolute atomic E-state index is 12.8. The van der Waals surface area contributed by atoms with Crippen LogP contribution < -0.4 is 0 Å². The van der Waals surface area contributed by atoms with E-state index in [1.54, 1.807) is 0 Å². The zero-order valence-electron chi connectivity index (χ0n) is 42.5. The van der Waals surface area contributed by atoms with Crippen LogP contribution >= 0.6 is 0 Å². The van der Waals surface area contributed by atoms with Gasteiger partial charge in [-0.3, -0.25) is 14.4 Å². The molecule has 6 nitrogen and oxygen atoms in total. The first-order valence-electron chi connectivity index (χ1n) is 26.0. The summed E-state index contributed by atoms with van der Waals surface area (Å²) in [6, 6.07) is 0. The highest BCUT2D eigenvalue weighted by Crippen LogP contribution is 2.12. The van der Waals surface area contributed by atoms with Gasteiger partial charge in [-0.1, -0.05) is 248 Å². The minimum absolute atomic E-state index is 0.134. The summed E-state index contributed by atoms with van der Waals surface area (Å²) in [5.74, 6) is -1.06. The Hall–Kier alpha value is -5.49. The molecule has 374 valence electrons. The minimum atomic E-state index is -0.837. The summed E-state index contributed by atoms with van der Waals surface area (Å²) in [5, 5.41) is 0. The lowest BCUT2D eigenvalue weighted by atomic mass is 10.1. The van der Waals surface area contributed by atoms with Crippen LogP contribution in [0.5, 0.6) is 0 Å². The predicted octanol–water partition coefficient (Wildman–Crippen LogP) is 17.4. The van der Waals surface area contributed by atoms with E-state index in [0.717, 1.165) is 96.3 Å². The fraction of sp³-hybridized carbons (Fsp3) is 0.468. The highest BCUT2D eigenvalue weighted by Gasteiger charge is 2.19. The Morgan fingerprint density at radius 2 is 0.574 bits per heavy atom. The largest absolute Gasteiger partial charge is 0.462 e. The van der Waals surface area contributed by atoms with Gasteiger partial charge in [-0.2, -0.15) is 0 Å². The first kappa shape index (κ1) is 62.5. The molecule has 0 aliphatic heterocycles. The van der Waals surface area contributed by atoms with Crippen LogP contribution in [-0.2, 0) is 28.6 Å². The molecule has 0 heterocycles. The number of allylic oxidation sites excluding steroid dienone is 30. The molecule has 0 saturated heterocycles. The summed E-state index contributed by atoms with van der Waals surface area (Å²) in [5.41, 5.74) is 0. The molecular weight excluding hydrogens is 841 g/mol. The maximum atomic E-state index is 12.8. The predicted molar refractivity (Wildman–Crippen MR) is 292 cm³/mol. The molecule has 0 aliphatic rings. The Morgan fingerprint density at radius 1 is 0.309 bits per heavy atom. The lowest BCUT2D eigenvalue weighted by Gasteiger charge is -2.18. The summed E-state index contributed by atoms with van der Waals surface area (Å²) in [6.07, 6.45) is 81.5. The molecule has 0 radical (unpaired) electrons. The van der Waals surface area contributed by atoms with E-state index in [2.05, 4.69) is 93.7 Å². The summed E-state index contributed by atoms with van der Waals surface area (Å²) in [4.78, 5) is 38.0. The lowest BCUT2D eigenvalue weighted by molar-refractivity contribution is -0.167. The molecule has 0 spiro atoms. The van der Waals surface area contributed by atoms with E-state index in [9.17, 15) is 14.4 Å². The number of ether oxygens (including phenoxy) is 3. The van der Waals surface area contributed by atoms with Crippen LogP contribution in [0.25, 0.3) is 0 Å². The van der Waals surface area contributed by atoms with Crippen molar-refractivity contribution in [2.24, 2.45) is 0 Å². The fourth-order valence-corrected chi connectivity index (χ4v) is 6.15. The average Bonchev–Trinajstić information content (AvgIpc) is 3.34. The summed E-state index contributed by atoms with van der Waals surface area (Å²) in [6.45, 7) is 6.18. The van der Waals surface area contributed by atoms with Gasteiger partial charge in [-0.25, -0.2) is 0 Å². The van der Waals surface area contributed by atoms with Crippen molar-refractivity contribution in [2.75, 3.05) is 13.2 Å². The van der Waals surface area contributed by atoms with Crippen LogP contribution in [-0.4, -0.2) is 37.2 Å². The number of hydrogen-bond acceptors (Lipinski definition) is 6. The molecule has 6 heteroatoms. The number of carbonyl (C=O) groups is 3. The number of hydrogen-bond donors (Lipinski definition) is 0. The number of rotatable bonds is 43. The summed E-state index contributed by atoms with van der Waals surface area (Å²) in [7, 11) is 0. The first-order valence-corrected chi connectivity index (χ1v) is 26.0. The van der Waals surface area contributed by atoms with Crippen molar-refractivity contribution in [3.63, 3.8) is 0 Å².